The Morgan fingerprint density at radius 3 is 2.62 bits per heavy atom. The second-order valence-electron chi connectivity index (χ2n) is 7.85. The number of carbonyl (C=O) groups excluding carboxylic acids is 2. The van der Waals surface area contributed by atoms with E-state index < -0.39 is 0 Å². The zero-order chi connectivity index (χ0) is 18.1. The van der Waals surface area contributed by atoms with Crippen LogP contribution in [0.15, 0.2) is 6.20 Å². The predicted molar refractivity (Wildman–Crippen MR) is 94.6 cm³/mol. The number of hydrogen-bond donors (Lipinski definition) is 2. The molecule has 3 aliphatic rings. The van der Waals surface area contributed by atoms with Gasteiger partial charge in [0.1, 0.15) is 11.4 Å². The van der Waals surface area contributed by atoms with Gasteiger partial charge in [0.05, 0.1) is 18.7 Å². The van der Waals surface area contributed by atoms with Gasteiger partial charge in [-0.2, -0.15) is 0 Å². The van der Waals surface area contributed by atoms with Gasteiger partial charge in [0.25, 0.3) is 5.91 Å². The Balaban J connectivity index is 1.47. The minimum absolute atomic E-state index is 0.227. The van der Waals surface area contributed by atoms with Crippen LogP contribution < -0.4 is 15.8 Å². The van der Waals surface area contributed by atoms with E-state index in [2.05, 4.69) is 15.3 Å². The largest absolute Gasteiger partial charge is 0.476 e. The summed E-state index contributed by atoms with van der Waals surface area (Å²) in [6.45, 7) is 0.645. The van der Waals surface area contributed by atoms with Gasteiger partial charge in [0.15, 0.2) is 0 Å². The van der Waals surface area contributed by atoms with Crippen LogP contribution in [-0.2, 0) is 4.79 Å². The molecule has 3 saturated carbocycles. The maximum Gasteiger partial charge on any atom is 0.271 e. The molecular weight excluding hydrogens is 332 g/mol. The van der Waals surface area contributed by atoms with E-state index in [4.69, 9.17) is 10.5 Å². The van der Waals surface area contributed by atoms with Gasteiger partial charge in [-0.3, -0.25) is 14.6 Å². The number of primary amides is 1. The summed E-state index contributed by atoms with van der Waals surface area (Å²) in [7, 11) is 0. The monoisotopic (exact) mass is 358 g/mol. The van der Waals surface area contributed by atoms with Gasteiger partial charge in [0, 0.05) is 12.0 Å². The quantitative estimate of drug-likeness (QED) is 0.774. The first-order chi connectivity index (χ1) is 12.6. The highest BCUT2D eigenvalue weighted by Gasteiger charge is 2.33. The molecule has 0 bridgehead atoms. The van der Waals surface area contributed by atoms with Gasteiger partial charge in [0.2, 0.25) is 11.8 Å². The average molecular weight is 358 g/mol. The minimum Gasteiger partial charge on any atom is -0.476 e. The van der Waals surface area contributed by atoms with Gasteiger partial charge in [-0.1, -0.05) is 12.8 Å². The van der Waals surface area contributed by atoms with E-state index in [0.717, 1.165) is 44.2 Å². The van der Waals surface area contributed by atoms with Crippen LogP contribution in [-0.4, -0.2) is 34.4 Å². The number of nitrogens with two attached hydrogens (primary N) is 1. The SMILES string of the molecule is NC(=O)[C@H]1CCCC[C@H]1NC(=O)c1cnc(C2CC2)c(OCC2CC2)n1. The van der Waals surface area contributed by atoms with Crippen molar-refractivity contribution < 1.29 is 14.3 Å². The molecule has 3 fully saturated rings. The maximum absolute atomic E-state index is 12.7. The normalized spacial score (nSPS) is 25.5. The Bertz CT molecular complexity index is 700. The molecule has 0 aromatic carbocycles. The topological polar surface area (TPSA) is 107 Å². The molecule has 1 heterocycles. The molecule has 3 N–H and O–H groups in total. The number of aromatic nitrogens is 2. The molecule has 7 nitrogen and oxygen atoms in total. The van der Waals surface area contributed by atoms with Crippen LogP contribution in [0.4, 0.5) is 0 Å². The fraction of sp³-hybridized carbons (Fsp3) is 0.684. The lowest BCUT2D eigenvalue weighted by Gasteiger charge is -2.29. The number of hydrogen-bond acceptors (Lipinski definition) is 5. The highest BCUT2D eigenvalue weighted by Crippen LogP contribution is 2.42. The predicted octanol–water partition coefficient (Wildman–Crippen LogP) is 1.92. The highest BCUT2D eigenvalue weighted by atomic mass is 16.5. The van der Waals surface area contributed by atoms with Crippen LogP contribution in [0, 0.1) is 11.8 Å². The number of ether oxygens (including phenoxy) is 1. The van der Waals surface area contributed by atoms with E-state index in [1.165, 1.54) is 19.0 Å². The smallest absolute Gasteiger partial charge is 0.271 e. The summed E-state index contributed by atoms with van der Waals surface area (Å²) in [4.78, 5) is 33.2. The number of nitrogens with one attached hydrogen (secondary N) is 1. The summed E-state index contributed by atoms with van der Waals surface area (Å²) < 4.78 is 5.87. The van der Waals surface area contributed by atoms with Gasteiger partial charge in [-0.15, -0.1) is 0 Å². The van der Waals surface area contributed by atoms with Crippen LogP contribution in [0.1, 0.15) is 73.5 Å². The summed E-state index contributed by atoms with van der Waals surface area (Å²) in [5, 5.41) is 2.94. The van der Waals surface area contributed by atoms with Gasteiger partial charge in [-0.05, 0) is 44.4 Å². The lowest BCUT2D eigenvalue weighted by atomic mass is 9.84. The number of rotatable bonds is 7. The Morgan fingerprint density at radius 2 is 1.92 bits per heavy atom. The third-order valence-corrected chi connectivity index (χ3v) is 5.56. The number of nitrogens with zero attached hydrogens (tertiary/aromatic N) is 2. The molecule has 0 spiro atoms. The van der Waals surface area contributed by atoms with E-state index in [1.54, 1.807) is 0 Å². The first kappa shape index (κ1) is 17.2. The summed E-state index contributed by atoms with van der Waals surface area (Å²) in [5.41, 5.74) is 6.61. The lowest BCUT2D eigenvalue weighted by Crippen LogP contribution is -2.47. The molecule has 2 amide bonds. The standard InChI is InChI=1S/C19H26N4O3/c20-17(24)13-3-1-2-4-14(13)22-18(25)15-9-21-16(12-7-8-12)19(23-15)26-10-11-5-6-11/h9,11-14H,1-8,10H2,(H2,20,24)(H,22,25)/t13-,14+/m0/s1. The van der Waals surface area contributed by atoms with E-state index in [0.29, 0.717) is 24.3 Å². The fourth-order valence-electron chi connectivity index (χ4n) is 3.60. The lowest BCUT2D eigenvalue weighted by molar-refractivity contribution is -0.123. The van der Waals surface area contributed by atoms with E-state index in [9.17, 15) is 9.59 Å². The van der Waals surface area contributed by atoms with Crippen molar-refractivity contribution in [2.45, 2.75) is 63.3 Å². The van der Waals surface area contributed by atoms with Crippen molar-refractivity contribution in [2.24, 2.45) is 17.6 Å². The van der Waals surface area contributed by atoms with Crippen molar-refractivity contribution in [3.8, 4) is 5.88 Å². The molecule has 4 rings (SSSR count). The van der Waals surface area contributed by atoms with E-state index in [1.807, 2.05) is 0 Å². The third kappa shape index (κ3) is 3.97. The minimum atomic E-state index is -0.348. The van der Waals surface area contributed by atoms with Crippen molar-refractivity contribution >= 4 is 11.8 Å². The van der Waals surface area contributed by atoms with Crippen molar-refractivity contribution in [1.82, 2.24) is 15.3 Å². The molecule has 2 atom stereocenters. The Morgan fingerprint density at radius 1 is 1.15 bits per heavy atom. The molecule has 0 radical (unpaired) electrons. The maximum atomic E-state index is 12.7. The van der Waals surface area contributed by atoms with Crippen LogP contribution in [0.5, 0.6) is 5.88 Å². The molecule has 3 aliphatic carbocycles. The molecule has 26 heavy (non-hydrogen) atoms. The molecular formula is C19H26N4O3. The molecule has 0 unspecified atom stereocenters. The van der Waals surface area contributed by atoms with E-state index >= 15 is 0 Å². The Labute approximate surface area is 153 Å². The first-order valence-electron chi connectivity index (χ1n) is 9.71. The summed E-state index contributed by atoms with van der Waals surface area (Å²) in [5.74, 6) is 0.554. The van der Waals surface area contributed by atoms with Crippen molar-refractivity contribution in [2.75, 3.05) is 6.61 Å². The third-order valence-electron chi connectivity index (χ3n) is 5.56. The zero-order valence-corrected chi connectivity index (χ0v) is 14.9. The first-order valence-corrected chi connectivity index (χ1v) is 9.71. The molecule has 1 aromatic heterocycles. The summed E-state index contributed by atoms with van der Waals surface area (Å²) >= 11 is 0. The Hall–Kier alpha value is -2.18. The van der Waals surface area contributed by atoms with Gasteiger partial charge < -0.3 is 15.8 Å². The summed E-state index contributed by atoms with van der Waals surface area (Å²) in [6.07, 6.45) is 9.55. The average Bonchev–Trinajstić information content (AvgIpc) is 3.54. The molecule has 7 heteroatoms. The fourth-order valence-corrected chi connectivity index (χ4v) is 3.60. The number of amides is 2. The molecule has 0 aliphatic heterocycles. The second kappa shape index (κ2) is 7.21. The van der Waals surface area contributed by atoms with Crippen LogP contribution in [0.25, 0.3) is 0 Å². The highest BCUT2D eigenvalue weighted by molar-refractivity contribution is 5.93. The molecule has 140 valence electrons. The molecule has 1 aromatic rings. The van der Waals surface area contributed by atoms with Gasteiger partial charge >= 0.3 is 0 Å². The van der Waals surface area contributed by atoms with Crippen LogP contribution >= 0.6 is 0 Å². The van der Waals surface area contributed by atoms with Crippen molar-refractivity contribution in [3.63, 3.8) is 0 Å². The van der Waals surface area contributed by atoms with Crippen LogP contribution in [0.2, 0.25) is 0 Å². The van der Waals surface area contributed by atoms with Crippen molar-refractivity contribution in [1.29, 1.82) is 0 Å². The molecule has 0 saturated heterocycles. The summed E-state index contributed by atoms with van der Waals surface area (Å²) in [6, 6.07) is -0.227. The number of carbonyl (C=O) groups is 2. The van der Waals surface area contributed by atoms with Gasteiger partial charge in [-0.25, -0.2) is 4.98 Å². The zero-order valence-electron chi connectivity index (χ0n) is 14.9. The van der Waals surface area contributed by atoms with Crippen LogP contribution in [0.3, 0.4) is 0 Å². The van der Waals surface area contributed by atoms with Crippen molar-refractivity contribution in [3.05, 3.63) is 17.6 Å². The Kier molecular flexibility index (Phi) is 4.78. The van der Waals surface area contributed by atoms with E-state index in [-0.39, 0.29) is 29.5 Å². The second-order valence-corrected chi connectivity index (χ2v) is 7.85.